The molecule has 11 rings (SSSR count). The van der Waals surface area contributed by atoms with Gasteiger partial charge in [0.25, 0.3) is 0 Å². The van der Waals surface area contributed by atoms with E-state index in [-0.39, 0.29) is 68.0 Å². The summed E-state index contributed by atoms with van der Waals surface area (Å²) in [4.78, 5) is 38.6. The molecule has 5 atom stereocenters. The number of aliphatic hydroxyl groups is 3. The van der Waals surface area contributed by atoms with Gasteiger partial charge in [0.05, 0.1) is 23.7 Å². The Hall–Kier alpha value is -6.66. The van der Waals surface area contributed by atoms with E-state index in [1.54, 1.807) is 30.5 Å². The number of hydrogen-bond acceptors (Lipinski definition) is 8. The molecule has 0 radical (unpaired) electrons. The first-order valence-electron chi connectivity index (χ1n) is 27.4. The number of aromatic nitrogens is 2. The van der Waals surface area contributed by atoms with Crippen LogP contribution >= 0.6 is 0 Å². The molecule has 4 bridgehead atoms. The summed E-state index contributed by atoms with van der Waals surface area (Å²) in [5.74, 6) is -2.02. The highest BCUT2D eigenvalue weighted by molar-refractivity contribution is 6.05. The molecule has 6 N–H and O–H groups in total. The average molecular weight is 1010 g/mol. The molecule has 4 aliphatic carbocycles. The summed E-state index contributed by atoms with van der Waals surface area (Å²) in [5.41, 5.74) is 8.50. The number of H-pyrrole nitrogens is 1. The summed E-state index contributed by atoms with van der Waals surface area (Å²) in [6.45, 7) is -0.276. The summed E-state index contributed by atoms with van der Waals surface area (Å²) >= 11 is 0. The molecule has 5 aliphatic rings. The van der Waals surface area contributed by atoms with Crippen molar-refractivity contribution in [2.75, 3.05) is 13.2 Å². The van der Waals surface area contributed by atoms with Crippen molar-refractivity contribution in [2.24, 2.45) is 11.8 Å². The predicted octanol–water partition coefficient (Wildman–Crippen LogP) is 11.0. The molecule has 4 aromatic carbocycles. The Morgan fingerprint density at radius 2 is 1.61 bits per heavy atom. The Bertz CT molecular complexity index is 3100. The largest absolute Gasteiger partial charge is 0.664 e. The fraction of sp³-hybridized carbons (Fsp3) is 0.406. The SMILES string of the molecule is O=C1CCc2cc(c(O)c(OC3CCCC3)c2)Cc2ccc(C3(C(O)Cc4ccccc4)CCCC3)c(c2)Cc2cc[nH]c2[N-]CC2=Cc3[n-]ccc3C(CC3(O)C=Cc4c(O)cccc4CC3)C2C(=O)C1CCO. The molecule has 2 saturated carbocycles. The van der Waals surface area contributed by atoms with Gasteiger partial charge in [-0.15, -0.1) is 5.69 Å². The Morgan fingerprint density at radius 3 is 2.43 bits per heavy atom. The van der Waals surface area contributed by atoms with E-state index in [9.17, 15) is 30.3 Å². The standard InChI is InChI=1S/C64H69N3O8/c68-30-23-51-56(70)18-16-42-33-46(60(72)57(34-42)75-48-12-4-5-13-48)32-41-15-17-53(64(24-6-7-25-64)58(71)35-40-9-2-1-3-10-40)45(31-41)36-44-21-28-66-62(44)67-39-47-37-54-50(22-29-65-54)52(59(47)61(51)73)38-63(74)26-19-43-11-8-14-55(69)49(43)20-27-63/h1-3,8-11,14-15,17,20-22,27-29,31,33-34,37,48,51-52,58-59,66,68-69,71-72,74H,4-7,12-13,16,18-19,23-26,30,32,35-36,38-39H2/q-2. The van der Waals surface area contributed by atoms with Crippen molar-refractivity contribution in [3.05, 3.63) is 182 Å². The maximum Gasteiger partial charge on any atom is 0.161 e. The van der Waals surface area contributed by atoms with Gasteiger partial charge in [-0.2, -0.15) is 6.20 Å². The molecule has 11 heteroatoms. The van der Waals surface area contributed by atoms with E-state index >= 15 is 4.79 Å². The molecular formula is C64H69N3O8-2. The van der Waals surface area contributed by atoms with Crippen LogP contribution in [0.1, 0.15) is 144 Å². The summed E-state index contributed by atoms with van der Waals surface area (Å²) in [6, 6.07) is 29.9. The van der Waals surface area contributed by atoms with Crippen molar-refractivity contribution in [2.45, 2.75) is 138 Å². The molecule has 3 heterocycles. The fourth-order valence-corrected chi connectivity index (χ4v) is 13.5. The van der Waals surface area contributed by atoms with E-state index in [1.807, 2.05) is 60.8 Å². The number of aromatic hydroxyl groups is 2. The van der Waals surface area contributed by atoms with Gasteiger partial charge in [-0.05, 0) is 147 Å². The van der Waals surface area contributed by atoms with Gasteiger partial charge in [0.15, 0.2) is 17.3 Å². The number of aromatic amines is 1. The molecule has 0 saturated heterocycles. The van der Waals surface area contributed by atoms with Crippen molar-refractivity contribution in [1.82, 2.24) is 9.97 Å². The maximum atomic E-state index is 15.7. The van der Waals surface area contributed by atoms with Gasteiger partial charge in [-0.1, -0.05) is 133 Å². The minimum Gasteiger partial charge on any atom is -0.664 e. The highest BCUT2D eigenvalue weighted by Crippen LogP contribution is 2.50. The maximum absolute atomic E-state index is 15.7. The van der Waals surface area contributed by atoms with Crippen molar-refractivity contribution < 1.29 is 39.9 Å². The number of aliphatic hydroxyl groups excluding tert-OH is 2. The Kier molecular flexibility index (Phi) is 14.5. The van der Waals surface area contributed by atoms with Gasteiger partial charge in [-0.3, -0.25) is 9.59 Å². The topological polar surface area (TPSA) is 189 Å². The number of aryl methyl sites for hydroxylation is 2. The van der Waals surface area contributed by atoms with Crippen LogP contribution in [0.15, 0.2) is 115 Å². The van der Waals surface area contributed by atoms with Gasteiger partial charge in [0.2, 0.25) is 0 Å². The molecule has 390 valence electrons. The number of carbonyl (C=O) groups is 2. The predicted molar refractivity (Wildman–Crippen MR) is 291 cm³/mol. The first-order chi connectivity index (χ1) is 36.5. The lowest BCUT2D eigenvalue weighted by atomic mass is 9.67. The average Bonchev–Trinajstić information content (AvgIpc) is 4.27. The number of phenols is 2. The molecule has 1 aliphatic heterocycles. The number of hydrogen-bond donors (Lipinski definition) is 6. The monoisotopic (exact) mass is 1010 g/mol. The molecule has 2 aromatic heterocycles. The summed E-state index contributed by atoms with van der Waals surface area (Å²) in [7, 11) is 0. The van der Waals surface area contributed by atoms with Crippen LogP contribution in [0.25, 0.3) is 17.5 Å². The van der Waals surface area contributed by atoms with E-state index in [1.165, 1.54) is 0 Å². The van der Waals surface area contributed by atoms with Gasteiger partial charge in [-0.25, -0.2) is 0 Å². The van der Waals surface area contributed by atoms with Crippen LogP contribution in [0, 0.1) is 11.8 Å². The van der Waals surface area contributed by atoms with Crippen LogP contribution in [0.2, 0.25) is 0 Å². The second kappa shape index (κ2) is 21.5. The van der Waals surface area contributed by atoms with E-state index in [2.05, 4.69) is 35.3 Å². The normalized spacial score (nSPS) is 23.3. The van der Waals surface area contributed by atoms with Crippen LogP contribution in [-0.2, 0) is 47.1 Å². The molecule has 0 spiro atoms. The van der Waals surface area contributed by atoms with Gasteiger partial charge >= 0.3 is 0 Å². The number of fused-ring (bicyclic) bond motifs is 8. The number of Topliss-reactive ketones (excluding diaryl/α,β-unsaturated/α-hetero) is 2. The number of nitrogens with zero attached hydrogens (tertiary/aromatic N) is 2. The summed E-state index contributed by atoms with van der Waals surface area (Å²) in [5, 5.41) is 63.8. The lowest BCUT2D eigenvalue weighted by Gasteiger charge is -2.40. The number of nitrogens with one attached hydrogen (secondary N) is 1. The molecule has 6 aromatic rings. The van der Waals surface area contributed by atoms with Crippen molar-refractivity contribution >= 4 is 29.5 Å². The zero-order valence-corrected chi connectivity index (χ0v) is 42.7. The summed E-state index contributed by atoms with van der Waals surface area (Å²) in [6.07, 6.45) is 18.6. The lowest BCUT2D eigenvalue weighted by Crippen LogP contribution is -2.40. The molecule has 11 nitrogen and oxygen atoms in total. The third kappa shape index (κ3) is 10.4. The minimum absolute atomic E-state index is 0.0139. The van der Waals surface area contributed by atoms with Gasteiger partial charge in [0.1, 0.15) is 11.5 Å². The second-order valence-electron chi connectivity index (χ2n) is 22.2. The van der Waals surface area contributed by atoms with Crippen LogP contribution in [0.4, 0.5) is 5.82 Å². The number of benzene rings is 4. The van der Waals surface area contributed by atoms with Crippen molar-refractivity contribution in [3.8, 4) is 17.2 Å². The molecule has 0 amide bonds. The Labute approximate surface area is 439 Å². The highest BCUT2D eigenvalue weighted by atomic mass is 16.5. The molecular weight excluding hydrogens is 939 g/mol. The molecule has 75 heavy (non-hydrogen) atoms. The fourth-order valence-electron chi connectivity index (χ4n) is 13.5. The van der Waals surface area contributed by atoms with Crippen molar-refractivity contribution in [1.29, 1.82) is 0 Å². The number of carbonyl (C=O) groups excluding carboxylic acids is 2. The third-order valence-corrected chi connectivity index (χ3v) is 17.5. The molecule has 5 unspecified atom stereocenters. The van der Waals surface area contributed by atoms with Gasteiger partial charge < -0.3 is 45.6 Å². The third-order valence-electron chi connectivity index (χ3n) is 17.5. The van der Waals surface area contributed by atoms with Gasteiger partial charge in [0, 0.05) is 41.9 Å². The second-order valence-corrected chi connectivity index (χ2v) is 22.2. The van der Waals surface area contributed by atoms with Crippen LogP contribution < -0.4 is 9.72 Å². The molecule has 2 fully saturated rings. The zero-order valence-electron chi connectivity index (χ0n) is 42.7. The Balaban J connectivity index is 1.01. The number of ketones is 2. The summed E-state index contributed by atoms with van der Waals surface area (Å²) < 4.78 is 6.56. The Morgan fingerprint density at radius 1 is 0.800 bits per heavy atom. The highest BCUT2D eigenvalue weighted by Gasteiger charge is 2.45. The van der Waals surface area contributed by atoms with Crippen molar-refractivity contribution in [3.63, 3.8) is 0 Å². The number of ether oxygens (including phenoxy) is 1. The first kappa shape index (κ1) is 50.5. The minimum atomic E-state index is -1.40. The number of rotatable bonds is 10. The van der Waals surface area contributed by atoms with E-state index in [0.717, 1.165) is 95.9 Å². The smallest absolute Gasteiger partial charge is 0.161 e. The lowest BCUT2D eigenvalue weighted by molar-refractivity contribution is -0.135. The quantitative estimate of drug-likeness (QED) is 0.0726. The number of phenolic OH excluding ortho intramolecular Hbond substituents is 2. The van der Waals surface area contributed by atoms with E-state index in [0.29, 0.717) is 66.1 Å². The van der Waals surface area contributed by atoms with E-state index in [4.69, 9.17) is 15.0 Å². The van der Waals surface area contributed by atoms with Crippen LogP contribution in [-0.4, -0.2) is 73.0 Å². The van der Waals surface area contributed by atoms with E-state index < -0.39 is 34.9 Å². The van der Waals surface area contributed by atoms with Crippen LogP contribution in [0.3, 0.4) is 0 Å². The van der Waals surface area contributed by atoms with Crippen LogP contribution in [0.5, 0.6) is 17.2 Å². The first-order valence-corrected chi connectivity index (χ1v) is 27.4. The zero-order chi connectivity index (χ0) is 51.7.